The Balaban J connectivity index is 1.54. The van der Waals surface area contributed by atoms with E-state index >= 15 is 0 Å². The molecule has 0 spiro atoms. The van der Waals surface area contributed by atoms with Crippen molar-refractivity contribution in [3.05, 3.63) is 29.8 Å². The molecule has 4 nitrogen and oxygen atoms in total. The Morgan fingerprint density at radius 1 is 1.08 bits per heavy atom. The number of hydrogen-bond acceptors (Lipinski definition) is 3. The summed E-state index contributed by atoms with van der Waals surface area (Å²) in [6, 6.07) is 7.85. The highest BCUT2D eigenvalue weighted by molar-refractivity contribution is 5.94. The van der Waals surface area contributed by atoms with Gasteiger partial charge in [-0.2, -0.15) is 0 Å². The minimum atomic E-state index is -0.396. The number of benzene rings is 1. The lowest BCUT2D eigenvalue weighted by Gasteiger charge is -2.29. The Hall–Kier alpha value is -1.39. The molecular formula is C20H30N2O2. The van der Waals surface area contributed by atoms with Crippen LogP contribution in [0.3, 0.4) is 0 Å². The van der Waals surface area contributed by atoms with Gasteiger partial charge in [-0.3, -0.25) is 4.79 Å². The standard InChI is InChI=1S/C20H30N2O2/c1-14-2-4-17(5-3-14)19(21)20(23)22-18-8-6-15(7-9-18)16-10-12-24-13-11-16/h6-9,14,16-17,19H,2-5,10-13,21H2,1H3,(H,22,23). The number of amides is 1. The third kappa shape index (κ3) is 4.37. The number of ether oxygens (including phenoxy) is 1. The summed E-state index contributed by atoms with van der Waals surface area (Å²) in [6.45, 7) is 3.97. The lowest BCUT2D eigenvalue weighted by Crippen LogP contribution is -2.43. The molecule has 1 aromatic carbocycles. The second kappa shape index (κ2) is 8.13. The molecule has 1 atom stereocenters. The second-order valence-electron chi connectivity index (χ2n) is 7.54. The van der Waals surface area contributed by atoms with E-state index in [0.29, 0.717) is 11.8 Å². The molecule has 1 aromatic rings. The van der Waals surface area contributed by atoms with Gasteiger partial charge in [-0.25, -0.2) is 0 Å². The Labute approximate surface area is 145 Å². The van der Waals surface area contributed by atoms with Crippen molar-refractivity contribution in [1.82, 2.24) is 0 Å². The summed E-state index contributed by atoms with van der Waals surface area (Å²) in [5, 5.41) is 2.99. The summed E-state index contributed by atoms with van der Waals surface area (Å²) >= 11 is 0. The first-order valence-electron chi connectivity index (χ1n) is 9.37. The average Bonchev–Trinajstić information content (AvgIpc) is 2.63. The van der Waals surface area contributed by atoms with Gasteiger partial charge in [-0.05, 0) is 61.1 Å². The minimum absolute atomic E-state index is 0.0478. The molecule has 1 heterocycles. The Bertz CT molecular complexity index is 529. The van der Waals surface area contributed by atoms with Crippen LogP contribution in [0, 0.1) is 11.8 Å². The Kier molecular flexibility index (Phi) is 5.90. The van der Waals surface area contributed by atoms with E-state index in [1.807, 2.05) is 12.1 Å². The molecule has 3 N–H and O–H groups in total. The smallest absolute Gasteiger partial charge is 0.241 e. The third-order valence-electron chi connectivity index (χ3n) is 5.74. The van der Waals surface area contributed by atoms with Gasteiger partial charge in [-0.15, -0.1) is 0 Å². The average molecular weight is 330 g/mol. The zero-order chi connectivity index (χ0) is 16.9. The molecule has 4 heteroatoms. The maximum atomic E-state index is 12.4. The van der Waals surface area contributed by atoms with E-state index in [1.165, 1.54) is 18.4 Å². The van der Waals surface area contributed by atoms with Crippen LogP contribution in [0.2, 0.25) is 0 Å². The quantitative estimate of drug-likeness (QED) is 0.885. The third-order valence-corrected chi connectivity index (χ3v) is 5.74. The SMILES string of the molecule is CC1CCC(C(N)C(=O)Nc2ccc(C3CCOCC3)cc2)CC1. The maximum absolute atomic E-state index is 12.4. The van der Waals surface area contributed by atoms with E-state index in [1.54, 1.807) is 0 Å². The van der Waals surface area contributed by atoms with Gasteiger partial charge in [0.1, 0.15) is 0 Å². The molecule has 1 unspecified atom stereocenters. The van der Waals surface area contributed by atoms with Gasteiger partial charge >= 0.3 is 0 Å². The maximum Gasteiger partial charge on any atom is 0.241 e. The zero-order valence-electron chi connectivity index (χ0n) is 14.7. The summed E-state index contributed by atoms with van der Waals surface area (Å²) in [5.41, 5.74) is 8.38. The van der Waals surface area contributed by atoms with Gasteiger partial charge in [-0.1, -0.05) is 31.9 Å². The van der Waals surface area contributed by atoms with Gasteiger partial charge in [0, 0.05) is 18.9 Å². The second-order valence-corrected chi connectivity index (χ2v) is 7.54. The van der Waals surface area contributed by atoms with Crippen LogP contribution in [0.25, 0.3) is 0 Å². The van der Waals surface area contributed by atoms with Crippen LogP contribution in [-0.2, 0) is 9.53 Å². The van der Waals surface area contributed by atoms with Crippen molar-refractivity contribution in [2.75, 3.05) is 18.5 Å². The molecule has 132 valence electrons. The number of carbonyl (C=O) groups excluding carboxylic acids is 1. The van der Waals surface area contributed by atoms with Gasteiger partial charge < -0.3 is 15.8 Å². The van der Waals surface area contributed by atoms with Crippen molar-refractivity contribution in [1.29, 1.82) is 0 Å². The molecule has 1 aliphatic heterocycles. The number of nitrogens with one attached hydrogen (secondary N) is 1. The fourth-order valence-corrected chi connectivity index (χ4v) is 3.95. The molecule has 0 radical (unpaired) electrons. The summed E-state index contributed by atoms with van der Waals surface area (Å²) in [7, 11) is 0. The molecule has 1 saturated heterocycles. The highest BCUT2D eigenvalue weighted by atomic mass is 16.5. The van der Waals surface area contributed by atoms with Crippen molar-refractivity contribution >= 4 is 11.6 Å². The Morgan fingerprint density at radius 3 is 2.33 bits per heavy atom. The van der Waals surface area contributed by atoms with Crippen molar-refractivity contribution < 1.29 is 9.53 Å². The normalized spacial score (nSPS) is 26.8. The summed E-state index contributed by atoms with van der Waals surface area (Å²) in [4.78, 5) is 12.4. The molecule has 1 amide bonds. The summed E-state index contributed by atoms with van der Waals surface area (Å²) < 4.78 is 5.42. The molecular weight excluding hydrogens is 300 g/mol. The number of carbonyl (C=O) groups is 1. The van der Waals surface area contributed by atoms with E-state index < -0.39 is 6.04 Å². The van der Waals surface area contributed by atoms with Gasteiger partial charge in [0.15, 0.2) is 0 Å². The van der Waals surface area contributed by atoms with Crippen molar-refractivity contribution in [2.45, 2.75) is 57.4 Å². The van der Waals surface area contributed by atoms with Crippen LogP contribution in [0.5, 0.6) is 0 Å². The fraction of sp³-hybridized carbons (Fsp3) is 0.650. The van der Waals surface area contributed by atoms with Crippen molar-refractivity contribution in [3.8, 4) is 0 Å². The lowest BCUT2D eigenvalue weighted by atomic mass is 9.79. The first kappa shape index (κ1) is 17.4. The van der Waals surface area contributed by atoms with Crippen LogP contribution in [0.15, 0.2) is 24.3 Å². The lowest BCUT2D eigenvalue weighted by molar-refractivity contribution is -0.118. The first-order chi connectivity index (χ1) is 11.6. The number of nitrogens with two attached hydrogens (primary N) is 1. The van der Waals surface area contributed by atoms with E-state index in [4.69, 9.17) is 10.5 Å². The number of anilines is 1. The summed E-state index contributed by atoms with van der Waals surface area (Å²) in [5.74, 6) is 1.63. The van der Waals surface area contributed by atoms with E-state index in [9.17, 15) is 4.79 Å². The van der Waals surface area contributed by atoms with E-state index in [-0.39, 0.29) is 5.91 Å². The molecule has 0 aromatic heterocycles. The van der Waals surface area contributed by atoms with Crippen LogP contribution in [0.4, 0.5) is 5.69 Å². The summed E-state index contributed by atoms with van der Waals surface area (Å²) in [6.07, 6.45) is 6.67. The van der Waals surface area contributed by atoms with E-state index in [0.717, 1.165) is 50.5 Å². The minimum Gasteiger partial charge on any atom is -0.381 e. The largest absolute Gasteiger partial charge is 0.381 e. The van der Waals surface area contributed by atoms with Crippen molar-refractivity contribution in [2.24, 2.45) is 17.6 Å². The molecule has 0 bridgehead atoms. The first-order valence-corrected chi connectivity index (χ1v) is 9.37. The fourth-order valence-electron chi connectivity index (χ4n) is 3.95. The molecule has 2 fully saturated rings. The number of hydrogen-bond donors (Lipinski definition) is 2. The highest BCUT2D eigenvalue weighted by Crippen LogP contribution is 2.31. The molecule has 3 rings (SSSR count). The molecule has 1 saturated carbocycles. The zero-order valence-corrected chi connectivity index (χ0v) is 14.7. The van der Waals surface area contributed by atoms with Gasteiger partial charge in [0.05, 0.1) is 6.04 Å². The van der Waals surface area contributed by atoms with Crippen molar-refractivity contribution in [3.63, 3.8) is 0 Å². The van der Waals surface area contributed by atoms with Gasteiger partial charge in [0.25, 0.3) is 0 Å². The predicted octanol–water partition coefficient (Wildman–Crippen LogP) is 3.67. The Morgan fingerprint density at radius 2 is 1.71 bits per heavy atom. The monoisotopic (exact) mass is 330 g/mol. The van der Waals surface area contributed by atoms with Crippen LogP contribution in [0.1, 0.15) is 56.9 Å². The predicted molar refractivity (Wildman–Crippen MR) is 97.0 cm³/mol. The molecule has 1 aliphatic carbocycles. The van der Waals surface area contributed by atoms with Gasteiger partial charge in [0.2, 0.25) is 5.91 Å². The van der Waals surface area contributed by atoms with Crippen LogP contribution < -0.4 is 11.1 Å². The molecule has 24 heavy (non-hydrogen) atoms. The molecule has 2 aliphatic rings. The number of rotatable bonds is 4. The van der Waals surface area contributed by atoms with E-state index in [2.05, 4.69) is 24.4 Å². The van der Waals surface area contributed by atoms with Crippen LogP contribution in [-0.4, -0.2) is 25.2 Å². The van der Waals surface area contributed by atoms with Crippen LogP contribution >= 0.6 is 0 Å². The topological polar surface area (TPSA) is 64.4 Å². The highest BCUT2D eigenvalue weighted by Gasteiger charge is 2.28.